The minimum absolute atomic E-state index is 0.0544. The van der Waals surface area contributed by atoms with Gasteiger partial charge in [0, 0.05) is 12.5 Å². The maximum Gasteiger partial charge on any atom is 0.366 e. The van der Waals surface area contributed by atoms with Gasteiger partial charge in [0.2, 0.25) is 0 Å². The highest BCUT2D eigenvalue weighted by Gasteiger charge is 2.14. The number of nitro groups is 1. The summed E-state index contributed by atoms with van der Waals surface area (Å²) in [6.07, 6.45) is 1.35. The van der Waals surface area contributed by atoms with Crippen molar-refractivity contribution < 1.29 is 13.7 Å². The van der Waals surface area contributed by atoms with Crippen LogP contribution in [0.2, 0.25) is 0 Å². The molecule has 0 atom stereocenters. The van der Waals surface area contributed by atoms with Gasteiger partial charge in [-0.1, -0.05) is 0 Å². The van der Waals surface area contributed by atoms with Crippen LogP contribution in [0.4, 0.5) is 14.6 Å². The second-order valence-corrected chi connectivity index (χ2v) is 3.70. The standard InChI is InChI=1S/C12H8F2N2O2/c13-10-5-8(6-11(14)7-10)4-9-2-1-3-15-12(9)16(17)18/h1-3,5-7H,4H2. The van der Waals surface area contributed by atoms with Crippen LogP contribution in [0.15, 0.2) is 36.5 Å². The first-order valence-electron chi connectivity index (χ1n) is 5.09. The van der Waals surface area contributed by atoms with Gasteiger partial charge in [0.15, 0.2) is 0 Å². The van der Waals surface area contributed by atoms with Crippen LogP contribution < -0.4 is 0 Å². The van der Waals surface area contributed by atoms with Gasteiger partial charge in [-0.25, -0.2) is 8.78 Å². The van der Waals surface area contributed by atoms with Gasteiger partial charge in [0.1, 0.15) is 17.8 Å². The Morgan fingerprint density at radius 2 is 1.89 bits per heavy atom. The quantitative estimate of drug-likeness (QED) is 0.621. The van der Waals surface area contributed by atoms with Gasteiger partial charge in [-0.2, -0.15) is 0 Å². The highest BCUT2D eigenvalue weighted by Crippen LogP contribution is 2.19. The Morgan fingerprint density at radius 3 is 2.50 bits per heavy atom. The van der Waals surface area contributed by atoms with E-state index < -0.39 is 16.6 Å². The van der Waals surface area contributed by atoms with Crippen molar-refractivity contribution in [3.8, 4) is 0 Å². The molecular weight excluding hydrogens is 242 g/mol. The summed E-state index contributed by atoms with van der Waals surface area (Å²) in [6.45, 7) is 0. The molecule has 1 aromatic heterocycles. The number of benzene rings is 1. The highest BCUT2D eigenvalue weighted by molar-refractivity contribution is 5.36. The summed E-state index contributed by atoms with van der Waals surface area (Å²) >= 11 is 0. The van der Waals surface area contributed by atoms with Crippen molar-refractivity contribution in [3.63, 3.8) is 0 Å². The first-order chi connectivity index (χ1) is 8.56. The Hall–Kier alpha value is -2.37. The zero-order chi connectivity index (χ0) is 13.1. The molecule has 1 heterocycles. The Kier molecular flexibility index (Phi) is 3.27. The van der Waals surface area contributed by atoms with E-state index >= 15 is 0 Å². The van der Waals surface area contributed by atoms with Crippen molar-refractivity contribution in [3.05, 3.63) is 69.4 Å². The summed E-state index contributed by atoms with van der Waals surface area (Å²) in [5, 5.41) is 10.7. The fourth-order valence-corrected chi connectivity index (χ4v) is 1.67. The molecule has 0 N–H and O–H groups in total. The maximum atomic E-state index is 13.0. The third-order valence-electron chi connectivity index (χ3n) is 2.36. The van der Waals surface area contributed by atoms with Crippen LogP contribution in [0.25, 0.3) is 0 Å². The van der Waals surface area contributed by atoms with Gasteiger partial charge in [0.05, 0.1) is 5.56 Å². The first-order valence-corrected chi connectivity index (χ1v) is 5.09. The van der Waals surface area contributed by atoms with Crippen molar-refractivity contribution >= 4 is 5.82 Å². The molecule has 0 aliphatic heterocycles. The smallest absolute Gasteiger partial charge is 0.358 e. The van der Waals surface area contributed by atoms with Crippen molar-refractivity contribution in [1.29, 1.82) is 0 Å². The molecular formula is C12H8F2N2O2. The minimum atomic E-state index is -0.712. The van der Waals surface area contributed by atoms with Crippen LogP contribution in [0.5, 0.6) is 0 Å². The molecule has 2 aromatic rings. The van der Waals surface area contributed by atoms with E-state index in [1.54, 1.807) is 0 Å². The van der Waals surface area contributed by atoms with Crippen molar-refractivity contribution in [2.24, 2.45) is 0 Å². The largest absolute Gasteiger partial charge is 0.366 e. The Bertz CT molecular complexity index is 582. The molecule has 0 aliphatic rings. The number of hydrogen-bond donors (Lipinski definition) is 0. The van der Waals surface area contributed by atoms with Crippen molar-refractivity contribution in [2.45, 2.75) is 6.42 Å². The highest BCUT2D eigenvalue weighted by atomic mass is 19.1. The summed E-state index contributed by atoms with van der Waals surface area (Å²) in [5.41, 5.74) is 0.635. The SMILES string of the molecule is O=[N+]([O-])c1ncccc1Cc1cc(F)cc(F)c1. The number of pyridine rings is 1. The van der Waals surface area contributed by atoms with Crippen molar-refractivity contribution in [2.75, 3.05) is 0 Å². The molecule has 0 saturated heterocycles. The van der Waals surface area contributed by atoms with Crippen LogP contribution in [-0.4, -0.2) is 9.91 Å². The molecule has 0 aliphatic carbocycles. The van der Waals surface area contributed by atoms with Crippen LogP contribution in [0.1, 0.15) is 11.1 Å². The number of rotatable bonds is 3. The zero-order valence-electron chi connectivity index (χ0n) is 9.14. The topological polar surface area (TPSA) is 56.0 Å². The van der Waals surface area contributed by atoms with Crippen LogP contribution in [0, 0.1) is 21.7 Å². The third kappa shape index (κ3) is 2.65. The van der Waals surface area contributed by atoms with E-state index in [1.807, 2.05) is 0 Å². The Labute approximate surface area is 101 Å². The number of nitrogens with zero attached hydrogens (tertiary/aromatic N) is 2. The Morgan fingerprint density at radius 1 is 1.22 bits per heavy atom. The molecule has 1 aromatic carbocycles. The lowest BCUT2D eigenvalue weighted by atomic mass is 10.1. The lowest BCUT2D eigenvalue weighted by Gasteiger charge is -2.03. The lowest BCUT2D eigenvalue weighted by Crippen LogP contribution is -1.99. The van der Waals surface area contributed by atoms with Crippen molar-refractivity contribution in [1.82, 2.24) is 4.98 Å². The predicted molar refractivity (Wildman–Crippen MR) is 60.1 cm³/mol. The average Bonchev–Trinajstić information content (AvgIpc) is 2.27. The van der Waals surface area contributed by atoms with E-state index in [9.17, 15) is 18.9 Å². The summed E-state index contributed by atoms with van der Waals surface area (Å²) in [7, 11) is 0. The molecule has 0 spiro atoms. The third-order valence-corrected chi connectivity index (χ3v) is 2.36. The van der Waals surface area contributed by atoms with E-state index in [4.69, 9.17) is 0 Å². The van der Waals surface area contributed by atoms with Gasteiger partial charge in [-0.15, -0.1) is 0 Å². The second kappa shape index (κ2) is 4.87. The Balaban J connectivity index is 2.37. The van der Waals surface area contributed by atoms with Gasteiger partial charge in [0.25, 0.3) is 0 Å². The maximum absolute atomic E-state index is 13.0. The fraction of sp³-hybridized carbons (Fsp3) is 0.0833. The molecule has 0 unspecified atom stereocenters. The molecule has 0 saturated carbocycles. The van der Waals surface area contributed by atoms with Gasteiger partial charge >= 0.3 is 5.82 Å². The number of aromatic nitrogens is 1. The van der Waals surface area contributed by atoms with E-state index in [1.165, 1.54) is 18.3 Å². The van der Waals surface area contributed by atoms with E-state index in [0.29, 0.717) is 11.1 Å². The molecule has 4 nitrogen and oxygen atoms in total. The molecule has 0 radical (unpaired) electrons. The molecule has 0 amide bonds. The monoisotopic (exact) mass is 250 g/mol. The van der Waals surface area contributed by atoms with Crippen LogP contribution in [-0.2, 0) is 6.42 Å². The second-order valence-electron chi connectivity index (χ2n) is 3.70. The number of hydrogen-bond acceptors (Lipinski definition) is 3. The summed E-state index contributed by atoms with van der Waals surface area (Å²) in [4.78, 5) is 13.8. The van der Waals surface area contributed by atoms with E-state index in [-0.39, 0.29) is 12.2 Å². The van der Waals surface area contributed by atoms with Gasteiger partial charge < -0.3 is 10.1 Å². The fourth-order valence-electron chi connectivity index (χ4n) is 1.67. The minimum Gasteiger partial charge on any atom is -0.358 e. The zero-order valence-corrected chi connectivity index (χ0v) is 9.14. The molecule has 0 bridgehead atoms. The summed E-state index contributed by atoms with van der Waals surface area (Å²) in [6, 6.07) is 6.08. The lowest BCUT2D eigenvalue weighted by molar-refractivity contribution is -0.390. The predicted octanol–water partition coefficient (Wildman–Crippen LogP) is 2.86. The van der Waals surface area contributed by atoms with E-state index in [0.717, 1.165) is 18.2 Å². The molecule has 18 heavy (non-hydrogen) atoms. The molecule has 92 valence electrons. The van der Waals surface area contributed by atoms with Crippen LogP contribution >= 0.6 is 0 Å². The molecule has 2 rings (SSSR count). The normalized spacial score (nSPS) is 10.3. The molecule has 6 heteroatoms. The van der Waals surface area contributed by atoms with Gasteiger partial charge in [-0.3, -0.25) is 0 Å². The van der Waals surface area contributed by atoms with Crippen LogP contribution in [0.3, 0.4) is 0 Å². The van der Waals surface area contributed by atoms with E-state index in [2.05, 4.69) is 4.98 Å². The molecule has 0 fully saturated rings. The average molecular weight is 250 g/mol. The summed E-state index contributed by atoms with van der Waals surface area (Å²) in [5.74, 6) is -1.73. The summed E-state index contributed by atoms with van der Waals surface area (Å²) < 4.78 is 26.0. The first kappa shape index (κ1) is 12.1. The number of halogens is 2. The van der Waals surface area contributed by atoms with Gasteiger partial charge in [-0.05, 0) is 39.7 Å².